The first-order chi connectivity index (χ1) is 20.6. The molecule has 0 bridgehead atoms. The molecule has 0 aliphatic heterocycles. The van der Waals surface area contributed by atoms with Crippen LogP contribution >= 0.6 is 0 Å². The summed E-state index contributed by atoms with van der Waals surface area (Å²) in [6, 6.07) is 33.7. The Balaban J connectivity index is 1.31. The summed E-state index contributed by atoms with van der Waals surface area (Å²) < 4.78 is 7.16. The first-order valence-electron chi connectivity index (χ1n) is 13.4. The minimum atomic E-state index is -0.399. The first-order valence-corrected chi connectivity index (χ1v) is 13.4. The number of carbonyl (C=O) groups is 1. The molecular formula is C34H27N5O3. The van der Waals surface area contributed by atoms with Gasteiger partial charge in [-0.25, -0.2) is 10.4 Å². The van der Waals surface area contributed by atoms with Gasteiger partial charge in [-0.2, -0.15) is 10.2 Å². The highest BCUT2D eigenvalue weighted by Gasteiger charge is 2.16. The Morgan fingerprint density at radius 1 is 0.952 bits per heavy atom. The van der Waals surface area contributed by atoms with Gasteiger partial charge in [0.2, 0.25) is 0 Å². The maximum Gasteiger partial charge on any atom is 0.272 e. The van der Waals surface area contributed by atoms with E-state index in [4.69, 9.17) is 9.84 Å². The predicted molar refractivity (Wildman–Crippen MR) is 164 cm³/mol. The molecule has 0 radical (unpaired) electrons. The number of rotatable bonds is 8. The summed E-state index contributed by atoms with van der Waals surface area (Å²) in [5, 5.41) is 20.2. The smallest absolute Gasteiger partial charge is 0.272 e. The van der Waals surface area contributed by atoms with Gasteiger partial charge in [-0.3, -0.25) is 9.48 Å². The molecule has 0 spiro atoms. The third kappa shape index (κ3) is 5.59. The van der Waals surface area contributed by atoms with Crippen molar-refractivity contribution in [2.75, 3.05) is 7.11 Å². The first kappa shape index (κ1) is 26.5. The minimum Gasteiger partial charge on any atom is -0.507 e. The Morgan fingerprint density at radius 2 is 1.69 bits per heavy atom. The van der Waals surface area contributed by atoms with Crippen LogP contribution < -0.4 is 10.2 Å². The third-order valence-corrected chi connectivity index (χ3v) is 6.85. The van der Waals surface area contributed by atoms with Crippen molar-refractivity contribution in [1.82, 2.24) is 20.2 Å². The van der Waals surface area contributed by atoms with Crippen LogP contribution in [0.5, 0.6) is 11.5 Å². The number of hydrazone groups is 1. The van der Waals surface area contributed by atoms with Gasteiger partial charge in [-0.1, -0.05) is 60.7 Å². The fraction of sp³-hybridized carbons (Fsp3) is 0.0588. The van der Waals surface area contributed by atoms with E-state index in [2.05, 4.69) is 15.5 Å². The molecule has 0 atom stereocenters. The molecule has 4 aromatic carbocycles. The lowest BCUT2D eigenvalue weighted by atomic mass is 10.0. The topological polar surface area (TPSA) is 102 Å². The Bertz CT molecular complexity index is 1900. The molecule has 2 aromatic heterocycles. The van der Waals surface area contributed by atoms with E-state index in [1.54, 1.807) is 37.6 Å². The Labute approximate surface area is 242 Å². The van der Waals surface area contributed by atoms with Crippen molar-refractivity contribution in [1.29, 1.82) is 0 Å². The normalized spacial score (nSPS) is 11.2. The number of pyridine rings is 1. The number of benzene rings is 4. The Morgan fingerprint density at radius 3 is 2.48 bits per heavy atom. The second-order valence-corrected chi connectivity index (χ2v) is 9.63. The molecule has 0 saturated heterocycles. The molecule has 0 aliphatic carbocycles. The maximum absolute atomic E-state index is 13.4. The number of nitrogens with one attached hydrogen (secondary N) is 1. The fourth-order valence-corrected chi connectivity index (χ4v) is 4.77. The number of para-hydroxylation sites is 2. The van der Waals surface area contributed by atoms with Crippen molar-refractivity contribution in [2.45, 2.75) is 6.54 Å². The third-order valence-electron chi connectivity index (χ3n) is 6.85. The summed E-state index contributed by atoms with van der Waals surface area (Å²) in [7, 11) is 1.63. The van der Waals surface area contributed by atoms with Gasteiger partial charge in [0.05, 0.1) is 36.6 Å². The number of methoxy groups -OCH3 is 1. The molecule has 0 fully saturated rings. The van der Waals surface area contributed by atoms with E-state index in [1.807, 2.05) is 95.8 Å². The number of amides is 1. The van der Waals surface area contributed by atoms with E-state index in [9.17, 15) is 9.90 Å². The van der Waals surface area contributed by atoms with Crippen LogP contribution in [0.2, 0.25) is 0 Å². The molecule has 8 heteroatoms. The summed E-state index contributed by atoms with van der Waals surface area (Å²) >= 11 is 0. The van der Waals surface area contributed by atoms with Gasteiger partial charge < -0.3 is 9.84 Å². The van der Waals surface area contributed by atoms with Crippen LogP contribution in [-0.2, 0) is 6.54 Å². The number of phenolic OH excluding ortho intramolecular Hbond substituents is 1. The van der Waals surface area contributed by atoms with E-state index in [0.717, 1.165) is 28.1 Å². The molecule has 206 valence electrons. The van der Waals surface area contributed by atoms with Crippen LogP contribution in [0.25, 0.3) is 33.4 Å². The van der Waals surface area contributed by atoms with E-state index in [-0.39, 0.29) is 5.75 Å². The Kier molecular flexibility index (Phi) is 7.42. The van der Waals surface area contributed by atoms with Gasteiger partial charge in [0.1, 0.15) is 17.2 Å². The number of phenols is 1. The molecule has 6 rings (SSSR count). The molecule has 42 heavy (non-hydrogen) atoms. The molecule has 1 amide bonds. The fourth-order valence-electron chi connectivity index (χ4n) is 4.77. The highest BCUT2D eigenvalue weighted by atomic mass is 16.5. The second kappa shape index (κ2) is 11.8. The Hall–Kier alpha value is -5.76. The lowest BCUT2D eigenvalue weighted by Crippen LogP contribution is -2.18. The van der Waals surface area contributed by atoms with Crippen LogP contribution in [0.15, 0.2) is 120 Å². The van der Waals surface area contributed by atoms with Gasteiger partial charge in [0.25, 0.3) is 5.91 Å². The summed E-state index contributed by atoms with van der Waals surface area (Å²) in [6.07, 6.45) is 3.50. The van der Waals surface area contributed by atoms with Crippen LogP contribution in [0.1, 0.15) is 21.5 Å². The predicted octanol–water partition coefficient (Wildman–Crippen LogP) is 6.29. The van der Waals surface area contributed by atoms with Crippen LogP contribution in [0.4, 0.5) is 0 Å². The highest BCUT2D eigenvalue weighted by Crippen LogP contribution is 2.30. The zero-order valence-corrected chi connectivity index (χ0v) is 22.8. The van der Waals surface area contributed by atoms with Crippen molar-refractivity contribution in [2.24, 2.45) is 5.10 Å². The monoisotopic (exact) mass is 553 g/mol. The zero-order chi connectivity index (χ0) is 28.9. The maximum atomic E-state index is 13.4. The summed E-state index contributed by atoms with van der Waals surface area (Å²) in [5.74, 6) is 0.435. The highest BCUT2D eigenvalue weighted by molar-refractivity contribution is 6.07. The van der Waals surface area contributed by atoms with E-state index in [0.29, 0.717) is 34.3 Å². The summed E-state index contributed by atoms with van der Waals surface area (Å²) in [4.78, 5) is 18.1. The standard InChI is InChI=1S/C34H27N5O3/c1-42-26-17-15-24(16-18-26)33-25(22-39(38-33)21-23-9-3-2-4-10-23)20-35-37-34(41)29-19-31(28-12-6-8-14-32(28)40)36-30-13-7-5-11-27(29)30/h2-20,22,40H,21H2,1H3,(H,37,41)/b35-20+. The molecular weight excluding hydrogens is 526 g/mol. The van der Waals surface area contributed by atoms with Crippen LogP contribution in [0, 0.1) is 0 Å². The van der Waals surface area contributed by atoms with Gasteiger partial charge in [0, 0.05) is 28.3 Å². The van der Waals surface area contributed by atoms with Crippen LogP contribution in [0.3, 0.4) is 0 Å². The number of aromatic nitrogens is 3. The van der Waals surface area contributed by atoms with E-state index < -0.39 is 5.91 Å². The van der Waals surface area contributed by atoms with Gasteiger partial charge in [0.15, 0.2) is 0 Å². The van der Waals surface area contributed by atoms with Crippen molar-refractivity contribution >= 4 is 23.0 Å². The van der Waals surface area contributed by atoms with Gasteiger partial charge in [-0.05, 0) is 54.1 Å². The minimum absolute atomic E-state index is 0.0863. The van der Waals surface area contributed by atoms with Gasteiger partial charge >= 0.3 is 0 Å². The number of hydrogen-bond donors (Lipinski definition) is 2. The lowest BCUT2D eigenvalue weighted by Gasteiger charge is -2.10. The number of carbonyl (C=O) groups excluding carboxylic acids is 1. The van der Waals surface area contributed by atoms with Crippen molar-refractivity contribution < 1.29 is 14.6 Å². The van der Waals surface area contributed by atoms with Gasteiger partial charge in [-0.15, -0.1) is 0 Å². The van der Waals surface area contributed by atoms with Crippen molar-refractivity contribution in [3.63, 3.8) is 0 Å². The second-order valence-electron chi connectivity index (χ2n) is 9.63. The molecule has 0 saturated carbocycles. The number of ether oxygens (including phenoxy) is 1. The van der Waals surface area contributed by atoms with Crippen molar-refractivity contribution in [3.8, 4) is 34.0 Å². The molecule has 0 unspecified atom stereocenters. The largest absolute Gasteiger partial charge is 0.507 e. The number of fused-ring (bicyclic) bond motifs is 1. The summed E-state index contributed by atoms with van der Waals surface area (Å²) in [6.45, 7) is 0.586. The molecule has 2 heterocycles. The summed E-state index contributed by atoms with van der Waals surface area (Å²) in [5.41, 5.74) is 8.20. The average Bonchev–Trinajstić information content (AvgIpc) is 3.43. The van der Waals surface area contributed by atoms with Crippen LogP contribution in [-0.4, -0.2) is 39.1 Å². The van der Waals surface area contributed by atoms with Crippen molar-refractivity contribution in [3.05, 3.63) is 132 Å². The zero-order valence-electron chi connectivity index (χ0n) is 22.8. The quantitative estimate of drug-likeness (QED) is 0.170. The van der Waals surface area contributed by atoms with E-state index >= 15 is 0 Å². The lowest BCUT2D eigenvalue weighted by molar-refractivity contribution is 0.0956. The molecule has 6 aromatic rings. The number of aromatic hydroxyl groups is 1. The SMILES string of the molecule is COc1ccc(-c2nn(Cc3ccccc3)cc2/C=N/NC(=O)c2cc(-c3ccccc3O)nc3ccccc23)cc1. The number of hydrogen-bond acceptors (Lipinski definition) is 6. The molecule has 2 N–H and O–H groups in total. The van der Waals surface area contributed by atoms with E-state index in [1.165, 1.54) is 0 Å². The average molecular weight is 554 g/mol. The molecule has 0 aliphatic rings. The molecule has 8 nitrogen and oxygen atoms in total. The number of nitrogens with zero attached hydrogens (tertiary/aromatic N) is 4.